The highest BCUT2D eigenvalue weighted by molar-refractivity contribution is 7.09. The fraction of sp³-hybridized carbons (Fsp3) is 0.267. The van der Waals surface area contributed by atoms with Crippen LogP contribution in [0, 0.1) is 0 Å². The zero-order valence-corrected chi connectivity index (χ0v) is 12.3. The molecule has 110 valence electrons. The van der Waals surface area contributed by atoms with Gasteiger partial charge in [0.1, 0.15) is 6.54 Å². The number of para-hydroxylation sites is 1. The number of anilines is 1. The Morgan fingerprint density at radius 2 is 2.00 bits per heavy atom. The second kappa shape index (κ2) is 7.54. The highest BCUT2D eigenvalue weighted by Gasteiger charge is 2.18. The molecule has 0 unspecified atom stereocenters. The lowest BCUT2D eigenvalue weighted by molar-refractivity contribution is -0.136. The van der Waals surface area contributed by atoms with Crippen molar-refractivity contribution in [3.63, 3.8) is 0 Å². The van der Waals surface area contributed by atoms with Crippen molar-refractivity contribution in [1.29, 1.82) is 0 Å². The van der Waals surface area contributed by atoms with Crippen molar-refractivity contribution in [2.24, 2.45) is 0 Å². The molecule has 0 radical (unpaired) electrons. The molecule has 1 heterocycles. The van der Waals surface area contributed by atoms with Crippen molar-refractivity contribution in [3.05, 3.63) is 46.9 Å². The first-order valence-corrected chi connectivity index (χ1v) is 7.50. The monoisotopic (exact) mass is 304 g/mol. The maximum Gasteiger partial charge on any atom is 0.323 e. The van der Waals surface area contributed by atoms with Gasteiger partial charge in [-0.05, 0) is 25.0 Å². The lowest BCUT2D eigenvalue weighted by atomic mass is 10.2. The number of hydrogen-bond donors (Lipinski definition) is 1. The quantitative estimate of drug-likeness (QED) is 0.853. The third kappa shape index (κ3) is 4.68. The number of aryl methyl sites for hydroxylation is 1. The molecule has 5 nitrogen and oxygen atoms in total. The Labute approximate surface area is 126 Å². The van der Waals surface area contributed by atoms with Crippen molar-refractivity contribution >= 4 is 28.9 Å². The van der Waals surface area contributed by atoms with E-state index in [2.05, 4.69) is 4.98 Å². The molecule has 1 amide bonds. The molecule has 0 fully saturated rings. The van der Waals surface area contributed by atoms with Crippen molar-refractivity contribution in [1.82, 2.24) is 4.98 Å². The minimum absolute atomic E-state index is 0.180. The molecular weight excluding hydrogens is 288 g/mol. The maximum atomic E-state index is 12.3. The first-order valence-electron chi connectivity index (χ1n) is 6.62. The van der Waals surface area contributed by atoms with Crippen LogP contribution in [0.4, 0.5) is 5.69 Å². The summed E-state index contributed by atoms with van der Waals surface area (Å²) < 4.78 is 0. The Morgan fingerprint density at radius 3 is 2.62 bits per heavy atom. The molecule has 0 spiro atoms. The highest BCUT2D eigenvalue weighted by atomic mass is 32.1. The van der Waals surface area contributed by atoms with E-state index in [9.17, 15) is 9.59 Å². The molecule has 0 bridgehead atoms. The number of aliphatic carboxylic acids is 1. The van der Waals surface area contributed by atoms with E-state index < -0.39 is 5.97 Å². The smallest absolute Gasteiger partial charge is 0.323 e. The molecule has 0 aliphatic heterocycles. The number of aromatic nitrogens is 1. The van der Waals surface area contributed by atoms with Crippen LogP contribution in [-0.4, -0.2) is 28.5 Å². The van der Waals surface area contributed by atoms with E-state index in [0.717, 1.165) is 11.4 Å². The average Bonchev–Trinajstić information content (AvgIpc) is 2.98. The summed E-state index contributed by atoms with van der Waals surface area (Å²) >= 11 is 1.56. The Hall–Kier alpha value is -2.21. The molecule has 0 atom stereocenters. The largest absolute Gasteiger partial charge is 0.480 e. The SMILES string of the molecule is O=C(O)CN(C(=O)CCCc1nccs1)c1ccccc1. The van der Waals surface area contributed by atoms with E-state index in [1.54, 1.807) is 41.8 Å². The predicted octanol–water partition coefficient (Wildman–Crippen LogP) is 2.58. The van der Waals surface area contributed by atoms with E-state index in [4.69, 9.17) is 5.11 Å². The molecule has 0 aliphatic carbocycles. The Balaban J connectivity index is 1.96. The minimum Gasteiger partial charge on any atom is -0.480 e. The summed E-state index contributed by atoms with van der Waals surface area (Å²) in [5.74, 6) is -1.20. The van der Waals surface area contributed by atoms with Crippen molar-refractivity contribution < 1.29 is 14.7 Å². The summed E-state index contributed by atoms with van der Waals surface area (Å²) in [7, 11) is 0. The number of carboxylic acids is 1. The zero-order chi connectivity index (χ0) is 15.1. The molecule has 0 saturated heterocycles. The van der Waals surface area contributed by atoms with Gasteiger partial charge in [-0.2, -0.15) is 0 Å². The Kier molecular flexibility index (Phi) is 5.45. The topological polar surface area (TPSA) is 70.5 Å². The van der Waals surface area contributed by atoms with Gasteiger partial charge in [-0.25, -0.2) is 4.98 Å². The van der Waals surface area contributed by atoms with Crippen LogP contribution in [0.15, 0.2) is 41.9 Å². The number of thiazole rings is 1. The van der Waals surface area contributed by atoms with Crippen LogP contribution in [0.2, 0.25) is 0 Å². The normalized spacial score (nSPS) is 10.3. The van der Waals surface area contributed by atoms with Gasteiger partial charge in [-0.1, -0.05) is 18.2 Å². The zero-order valence-electron chi connectivity index (χ0n) is 11.4. The molecule has 1 aromatic heterocycles. The summed E-state index contributed by atoms with van der Waals surface area (Å²) in [6.45, 7) is -0.319. The number of carbonyl (C=O) groups excluding carboxylic acids is 1. The summed E-state index contributed by atoms with van der Waals surface area (Å²) in [6.07, 6.45) is 3.44. The van der Waals surface area contributed by atoms with Crippen LogP contribution in [0.1, 0.15) is 17.8 Å². The third-order valence-corrected chi connectivity index (χ3v) is 3.77. The molecule has 2 rings (SSSR count). The van der Waals surface area contributed by atoms with Crippen molar-refractivity contribution in [3.8, 4) is 0 Å². The predicted molar refractivity (Wildman–Crippen MR) is 81.5 cm³/mol. The first-order chi connectivity index (χ1) is 10.2. The molecule has 6 heteroatoms. The minimum atomic E-state index is -1.02. The van der Waals surface area contributed by atoms with Crippen LogP contribution in [-0.2, 0) is 16.0 Å². The fourth-order valence-electron chi connectivity index (χ4n) is 1.97. The average molecular weight is 304 g/mol. The number of amides is 1. The standard InChI is InChI=1S/C15H16N2O3S/c18-14(8-4-7-13-16-9-10-21-13)17(11-15(19)20)12-5-2-1-3-6-12/h1-3,5-6,9-10H,4,7-8,11H2,(H,19,20). The fourth-order valence-corrected chi connectivity index (χ4v) is 2.63. The first kappa shape index (κ1) is 15.2. The Morgan fingerprint density at radius 1 is 1.24 bits per heavy atom. The number of carboxylic acid groups (broad SMARTS) is 1. The highest BCUT2D eigenvalue weighted by Crippen LogP contribution is 2.16. The van der Waals surface area contributed by atoms with E-state index in [-0.39, 0.29) is 12.5 Å². The molecule has 21 heavy (non-hydrogen) atoms. The molecule has 0 saturated carbocycles. The number of benzene rings is 1. The van der Waals surface area contributed by atoms with Crippen LogP contribution in [0.25, 0.3) is 0 Å². The van der Waals surface area contributed by atoms with Gasteiger partial charge in [0.2, 0.25) is 5.91 Å². The number of nitrogens with zero attached hydrogens (tertiary/aromatic N) is 2. The van der Waals surface area contributed by atoms with E-state index in [1.165, 1.54) is 4.90 Å². The third-order valence-electron chi connectivity index (χ3n) is 2.93. The number of carbonyl (C=O) groups is 2. The lowest BCUT2D eigenvalue weighted by Gasteiger charge is -2.20. The second-order valence-electron chi connectivity index (χ2n) is 4.49. The van der Waals surface area contributed by atoms with Gasteiger partial charge in [0.15, 0.2) is 0 Å². The van der Waals surface area contributed by atoms with Crippen LogP contribution >= 0.6 is 11.3 Å². The van der Waals surface area contributed by atoms with Gasteiger partial charge < -0.3 is 10.0 Å². The van der Waals surface area contributed by atoms with Gasteiger partial charge in [0.25, 0.3) is 0 Å². The second-order valence-corrected chi connectivity index (χ2v) is 5.47. The summed E-state index contributed by atoms with van der Waals surface area (Å²) in [5, 5.41) is 11.9. The molecule has 0 aliphatic rings. The van der Waals surface area contributed by atoms with Crippen molar-refractivity contribution in [2.45, 2.75) is 19.3 Å². The van der Waals surface area contributed by atoms with Gasteiger partial charge in [-0.3, -0.25) is 9.59 Å². The van der Waals surface area contributed by atoms with E-state index >= 15 is 0 Å². The summed E-state index contributed by atoms with van der Waals surface area (Å²) in [4.78, 5) is 28.7. The molecule has 1 N–H and O–H groups in total. The van der Waals surface area contributed by atoms with Gasteiger partial charge >= 0.3 is 5.97 Å². The van der Waals surface area contributed by atoms with Crippen LogP contribution < -0.4 is 4.90 Å². The summed E-state index contributed by atoms with van der Waals surface area (Å²) in [5.41, 5.74) is 0.610. The lowest BCUT2D eigenvalue weighted by Crippen LogP contribution is -2.35. The Bertz CT molecular complexity index is 584. The molecule has 2 aromatic rings. The van der Waals surface area contributed by atoms with Crippen LogP contribution in [0.5, 0.6) is 0 Å². The van der Waals surface area contributed by atoms with Gasteiger partial charge in [0, 0.05) is 23.7 Å². The van der Waals surface area contributed by atoms with Crippen molar-refractivity contribution in [2.75, 3.05) is 11.4 Å². The van der Waals surface area contributed by atoms with Gasteiger partial charge in [-0.15, -0.1) is 11.3 Å². The molecular formula is C15H16N2O3S. The number of rotatable bonds is 7. The maximum absolute atomic E-state index is 12.3. The van der Waals surface area contributed by atoms with E-state index in [1.807, 2.05) is 11.4 Å². The van der Waals surface area contributed by atoms with Gasteiger partial charge in [0.05, 0.1) is 5.01 Å². The number of hydrogen-bond acceptors (Lipinski definition) is 4. The van der Waals surface area contributed by atoms with E-state index in [0.29, 0.717) is 18.5 Å². The molecule has 1 aromatic carbocycles. The summed E-state index contributed by atoms with van der Waals surface area (Å²) in [6, 6.07) is 8.87. The van der Waals surface area contributed by atoms with Crippen LogP contribution in [0.3, 0.4) is 0 Å².